The molecular formula is C10H10BrFO. The monoisotopic (exact) mass is 244 g/mol. The van der Waals surface area contributed by atoms with E-state index in [9.17, 15) is 4.39 Å². The number of hydrogen-bond acceptors (Lipinski definition) is 1. The molecule has 1 nitrogen and oxygen atoms in total. The van der Waals surface area contributed by atoms with E-state index in [-0.39, 0.29) is 11.4 Å². The summed E-state index contributed by atoms with van der Waals surface area (Å²) in [6, 6.07) is 3.02. The molecule has 0 amide bonds. The molecule has 0 bridgehead atoms. The summed E-state index contributed by atoms with van der Waals surface area (Å²) in [6.07, 6.45) is 0. The Balaban J connectivity index is 2.65. The highest BCUT2D eigenvalue weighted by molar-refractivity contribution is 9.10. The fourth-order valence-corrected chi connectivity index (χ4v) is 2.70. The lowest BCUT2D eigenvalue weighted by atomic mass is 9.96. The molecule has 70 valence electrons. The molecule has 1 aromatic rings. The molecule has 0 saturated carbocycles. The number of rotatable bonds is 0. The minimum atomic E-state index is -0.304. The fourth-order valence-electron chi connectivity index (χ4n) is 1.75. The normalized spacial score (nSPS) is 18.8. The molecule has 0 N–H and O–H groups in total. The quantitative estimate of drug-likeness (QED) is 0.681. The highest BCUT2D eigenvalue weighted by atomic mass is 79.9. The molecule has 0 unspecified atom stereocenters. The zero-order chi connectivity index (χ0) is 9.64. The van der Waals surface area contributed by atoms with Crippen LogP contribution in [0.5, 0.6) is 0 Å². The first-order valence-electron chi connectivity index (χ1n) is 4.13. The molecule has 1 aliphatic heterocycles. The fraction of sp³-hybridized carbons (Fsp3) is 0.400. The van der Waals surface area contributed by atoms with E-state index < -0.39 is 0 Å². The lowest BCUT2D eigenvalue weighted by Gasteiger charge is -2.19. The zero-order valence-electron chi connectivity index (χ0n) is 7.53. The number of benzene rings is 1. The number of halogens is 2. The average molecular weight is 245 g/mol. The van der Waals surface area contributed by atoms with Gasteiger partial charge in [-0.15, -0.1) is 0 Å². The van der Waals surface area contributed by atoms with Gasteiger partial charge in [-0.2, -0.15) is 0 Å². The van der Waals surface area contributed by atoms with Crippen molar-refractivity contribution in [2.75, 3.05) is 0 Å². The van der Waals surface area contributed by atoms with Crippen LogP contribution in [0.1, 0.15) is 25.0 Å². The zero-order valence-corrected chi connectivity index (χ0v) is 9.11. The third kappa shape index (κ3) is 1.40. The van der Waals surface area contributed by atoms with E-state index in [1.807, 2.05) is 13.8 Å². The topological polar surface area (TPSA) is 9.23 Å². The van der Waals surface area contributed by atoms with Gasteiger partial charge in [0, 0.05) is 10.0 Å². The highest BCUT2D eigenvalue weighted by Gasteiger charge is 2.33. The van der Waals surface area contributed by atoms with Crippen molar-refractivity contribution in [1.82, 2.24) is 0 Å². The maximum Gasteiger partial charge on any atom is 0.124 e. The third-order valence-electron chi connectivity index (χ3n) is 2.33. The van der Waals surface area contributed by atoms with Gasteiger partial charge >= 0.3 is 0 Å². The van der Waals surface area contributed by atoms with Gasteiger partial charge in [-0.25, -0.2) is 4.39 Å². The van der Waals surface area contributed by atoms with Crippen LogP contribution >= 0.6 is 15.9 Å². The van der Waals surface area contributed by atoms with Gasteiger partial charge in [-0.05, 0) is 31.5 Å². The van der Waals surface area contributed by atoms with E-state index in [4.69, 9.17) is 4.74 Å². The largest absolute Gasteiger partial charge is 0.366 e. The molecule has 1 aliphatic rings. The van der Waals surface area contributed by atoms with Crippen molar-refractivity contribution >= 4 is 15.9 Å². The Morgan fingerprint density at radius 2 is 2.15 bits per heavy atom. The molecular weight excluding hydrogens is 235 g/mol. The maximum absolute atomic E-state index is 13.0. The number of hydrogen-bond donors (Lipinski definition) is 0. The predicted molar refractivity (Wildman–Crippen MR) is 51.9 cm³/mol. The number of ether oxygens (including phenoxy) is 1. The van der Waals surface area contributed by atoms with Crippen molar-refractivity contribution in [3.63, 3.8) is 0 Å². The molecule has 1 aromatic carbocycles. The summed E-state index contributed by atoms with van der Waals surface area (Å²) in [7, 11) is 0. The minimum Gasteiger partial charge on any atom is -0.366 e. The Hall–Kier alpha value is -0.410. The molecule has 0 aromatic heterocycles. The van der Waals surface area contributed by atoms with Crippen molar-refractivity contribution in [1.29, 1.82) is 0 Å². The first kappa shape index (κ1) is 9.16. The SMILES string of the molecule is CC1(C)OCc2cc(F)cc(Br)c21. The summed E-state index contributed by atoms with van der Waals surface area (Å²) < 4.78 is 19.3. The summed E-state index contributed by atoms with van der Waals surface area (Å²) in [5.41, 5.74) is 1.70. The van der Waals surface area contributed by atoms with Crippen molar-refractivity contribution in [3.8, 4) is 0 Å². The Kier molecular flexibility index (Phi) is 1.96. The Labute approximate surface area is 85.0 Å². The summed E-state index contributed by atoms with van der Waals surface area (Å²) in [6.45, 7) is 4.47. The molecule has 0 spiro atoms. The molecule has 0 radical (unpaired) electrons. The summed E-state index contributed by atoms with van der Waals surface area (Å²) in [4.78, 5) is 0. The molecule has 2 rings (SSSR count). The molecule has 0 atom stereocenters. The van der Waals surface area contributed by atoms with E-state index >= 15 is 0 Å². The molecule has 0 saturated heterocycles. The maximum atomic E-state index is 13.0. The van der Waals surface area contributed by atoms with Gasteiger partial charge in [0.05, 0.1) is 12.2 Å². The number of fused-ring (bicyclic) bond motifs is 1. The van der Waals surface area contributed by atoms with Crippen LogP contribution in [-0.2, 0) is 16.9 Å². The lowest BCUT2D eigenvalue weighted by molar-refractivity contribution is -0.00825. The second-order valence-corrected chi connectivity index (χ2v) is 4.58. The van der Waals surface area contributed by atoms with E-state index in [1.165, 1.54) is 12.1 Å². The molecule has 0 fully saturated rings. The van der Waals surface area contributed by atoms with Gasteiger partial charge in [-0.1, -0.05) is 15.9 Å². The standard InChI is InChI=1S/C10H10BrFO/c1-10(2)9-6(5-13-10)3-7(12)4-8(9)11/h3-4H,5H2,1-2H3. The average Bonchev–Trinajstić information content (AvgIpc) is 2.26. The van der Waals surface area contributed by atoms with Crippen LogP contribution in [-0.4, -0.2) is 0 Å². The van der Waals surface area contributed by atoms with Crippen molar-refractivity contribution in [2.24, 2.45) is 0 Å². The summed E-state index contributed by atoms with van der Waals surface area (Å²) in [5, 5.41) is 0. The van der Waals surface area contributed by atoms with Gasteiger partial charge in [-0.3, -0.25) is 0 Å². The van der Waals surface area contributed by atoms with Crippen LogP contribution in [0, 0.1) is 5.82 Å². The van der Waals surface area contributed by atoms with Crippen LogP contribution in [0.3, 0.4) is 0 Å². The first-order valence-corrected chi connectivity index (χ1v) is 4.92. The third-order valence-corrected chi connectivity index (χ3v) is 2.95. The van der Waals surface area contributed by atoms with E-state index in [0.29, 0.717) is 6.61 Å². The van der Waals surface area contributed by atoms with Gasteiger partial charge in [0.15, 0.2) is 0 Å². The van der Waals surface area contributed by atoms with E-state index in [1.54, 1.807) is 0 Å². The Bertz CT molecular complexity index is 360. The van der Waals surface area contributed by atoms with Crippen molar-refractivity contribution < 1.29 is 9.13 Å². The van der Waals surface area contributed by atoms with Crippen LogP contribution in [0.2, 0.25) is 0 Å². The van der Waals surface area contributed by atoms with Gasteiger partial charge in [0.1, 0.15) is 5.82 Å². The van der Waals surface area contributed by atoms with Crippen LogP contribution in [0.4, 0.5) is 4.39 Å². The summed E-state index contributed by atoms with van der Waals surface area (Å²) >= 11 is 3.35. The summed E-state index contributed by atoms with van der Waals surface area (Å²) in [5.74, 6) is -0.216. The second kappa shape index (κ2) is 2.79. The molecule has 0 aliphatic carbocycles. The second-order valence-electron chi connectivity index (χ2n) is 3.72. The van der Waals surface area contributed by atoms with Crippen molar-refractivity contribution in [3.05, 3.63) is 33.5 Å². The highest BCUT2D eigenvalue weighted by Crippen LogP contribution is 2.40. The van der Waals surface area contributed by atoms with Gasteiger partial charge in [0.25, 0.3) is 0 Å². The smallest absolute Gasteiger partial charge is 0.124 e. The minimum absolute atomic E-state index is 0.216. The Morgan fingerprint density at radius 1 is 1.46 bits per heavy atom. The molecule has 1 heterocycles. The Morgan fingerprint density at radius 3 is 2.85 bits per heavy atom. The van der Waals surface area contributed by atoms with Crippen LogP contribution in [0.25, 0.3) is 0 Å². The predicted octanol–water partition coefficient (Wildman–Crippen LogP) is 3.35. The first-order chi connectivity index (χ1) is 6.00. The van der Waals surface area contributed by atoms with E-state index in [0.717, 1.165) is 15.6 Å². The van der Waals surface area contributed by atoms with Crippen LogP contribution < -0.4 is 0 Å². The van der Waals surface area contributed by atoms with E-state index in [2.05, 4.69) is 15.9 Å². The molecule has 13 heavy (non-hydrogen) atoms. The van der Waals surface area contributed by atoms with Gasteiger partial charge < -0.3 is 4.74 Å². The molecule has 3 heteroatoms. The lowest BCUT2D eigenvalue weighted by Crippen LogP contribution is -2.15. The van der Waals surface area contributed by atoms with Gasteiger partial charge in [0.2, 0.25) is 0 Å². The van der Waals surface area contributed by atoms with Crippen LogP contribution in [0.15, 0.2) is 16.6 Å². The van der Waals surface area contributed by atoms with Crippen molar-refractivity contribution in [2.45, 2.75) is 26.1 Å².